The van der Waals surface area contributed by atoms with Gasteiger partial charge in [0, 0.05) is 19.0 Å². The molecule has 9 heteroatoms. The highest BCUT2D eigenvalue weighted by atomic mass is 32.2. The molecule has 0 unspecified atom stereocenters. The van der Waals surface area contributed by atoms with Gasteiger partial charge in [0.15, 0.2) is 15.7 Å². The number of nitrogens with zero attached hydrogens (tertiary/aromatic N) is 3. The Morgan fingerprint density at radius 2 is 2.03 bits per heavy atom. The van der Waals surface area contributed by atoms with Crippen LogP contribution in [0.15, 0.2) is 27.6 Å². The lowest BCUT2D eigenvalue weighted by Gasteiger charge is -2.30. The van der Waals surface area contributed by atoms with Gasteiger partial charge in [-0.05, 0) is 54.7 Å². The molecule has 2 fully saturated rings. The van der Waals surface area contributed by atoms with Gasteiger partial charge < -0.3 is 14.2 Å². The molecule has 2 atom stereocenters. The number of benzene rings is 1. The summed E-state index contributed by atoms with van der Waals surface area (Å²) >= 11 is 0. The minimum atomic E-state index is -3.55. The SMILES string of the molecule is CCS(=O)(=O)c1ccc(COC[C@@H]2C[C@@H]2C2CCN(c3nc(C(C)C)no3)CC2)cc1F. The zero-order valence-electron chi connectivity index (χ0n) is 19.0. The summed E-state index contributed by atoms with van der Waals surface area (Å²) in [5.41, 5.74) is 0.656. The van der Waals surface area contributed by atoms with Gasteiger partial charge in [0.2, 0.25) is 0 Å². The number of hydrogen-bond acceptors (Lipinski definition) is 7. The summed E-state index contributed by atoms with van der Waals surface area (Å²) in [5, 5.41) is 4.06. The second-order valence-electron chi connectivity index (χ2n) is 9.26. The average molecular weight is 466 g/mol. The lowest BCUT2D eigenvalue weighted by atomic mass is 9.91. The molecular formula is C23H32FN3O4S. The van der Waals surface area contributed by atoms with Crippen LogP contribution in [0.3, 0.4) is 0 Å². The van der Waals surface area contributed by atoms with Crippen LogP contribution in [0.25, 0.3) is 0 Å². The number of anilines is 1. The quantitative estimate of drug-likeness (QED) is 0.549. The molecule has 0 spiro atoms. The monoisotopic (exact) mass is 465 g/mol. The molecule has 2 heterocycles. The number of hydrogen-bond donors (Lipinski definition) is 0. The summed E-state index contributed by atoms with van der Waals surface area (Å²) in [7, 11) is -3.55. The predicted octanol–water partition coefficient (Wildman–Crippen LogP) is 4.20. The Bertz CT molecular complexity index is 1030. The predicted molar refractivity (Wildman–Crippen MR) is 119 cm³/mol. The minimum absolute atomic E-state index is 0.115. The van der Waals surface area contributed by atoms with Gasteiger partial charge in [-0.2, -0.15) is 4.98 Å². The van der Waals surface area contributed by atoms with E-state index in [1.165, 1.54) is 25.5 Å². The van der Waals surface area contributed by atoms with E-state index in [1.54, 1.807) is 6.07 Å². The van der Waals surface area contributed by atoms with Gasteiger partial charge in [-0.25, -0.2) is 12.8 Å². The van der Waals surface area contributed by atoms with Crippen LogP contribution in [0.4, 0.5) is 10.4 Å². The van der Waals surface area contributed by atoms with Crippen molar-refractivity contribution >= 4 is 15.9 Å². The number of aromatic nitrogens is 2. The molecule has 1 saturated heterocycles. The number of rotatable bonds is 9. The Balaban J connectivity index is 1.20. The van der Waals surface area contributed by atoms with Crippen molar-refractivity contribution < 1.29 is 22.1 Å². The van der Waals surface area contributed by atoms with Crippen molar-refractivity contribution in [2.24, 2.45) is 17.8 Å². The second-order valence-corrected chi connectivity index (χ2v) is 11.5. The molecule has 7 nitrogen and oxygen atoms in total. The summed E-state index contributed by atoms with van der Waals surface area (Å²) in [6.07, 6.45) is 3.39. The summed E-state index contributed by atoms with van der Waals surface area (Å²) < 4.78 is 49.2. The van der Waals surface area contributed by atoms with Crippen LogP contribution < -0.4 is 4.90 Å². The number of ether oxygens (including phenoxy) is 1. The third-order valence-corrected chi connectivity index (χ3v) is 8.41. The van der Waals surface area contributed by atoms with Crippen LogP contribution >= 0.6 is 0 Å². The molecule has 4 rings (SSSR count). The first-order valence-electron chi connectivity index (χ1n) is 11.5. The van der Waals surface area contributed by atoms with Gasteiger partial charge in [0.1, 0.15) is 10.7 Å². The zero-order chi connectivity index (χ0) is 22.9. The van der Waals surface area contributed by atoms with E-state index in [2.05, 4.69) is 28.9 Å². The Kier molecular flexibility index (Phi) is 6.86. The van der Waals surface area contributed by atoms with E-state index in [1.807, 2.05) is 0 Å². The van der Waals surface area contributed by atoms with E-state index in [9.17, 15) is 12.8 Å². The van der Waals surface area contributed by atoms with Crippen LogP contribution in [0, 0.1) is 23.6 Å². The van der Waals surface area contributed by atoms with E-state index in [0.717, 1.165) is 31.8 Å². The lowest BCUT2D eigenvalue weighted by Crippen LogP contribution is -2.34. The molecule has 1 aliphatic heterocycles. The van der Waals surface area contributed by atoms with Crippen LogP contribution in [-0.4, -0.2) is 44.0 Å². The van der Waals surface area contributed by atoms with E-state index >= 15 is 0 Å². The summed E-state index contributed by atoms with van der Waals surface area (Å²) in [6.45, 7) is 8.43. The Labute approximate surface area is 189 Å². The standard InChI is InChI=1S/C23H32FN3O4S/c1-4-32(28,29)21-6-5-16(11-20(21)24)13-30-14-18-12-19(18)17-7-9-27(10-8-17)23-25-22(15(2)3)26-31-23/h5-6,11,15,17-19H,4,7-10,12-14H2,1-3H3/t18-,19+/m0/s1. The van der Waals surface area contributed by atoms with Gasteiger partial charge in [-0.3, -0.25) is 0 Å². The van der Waals surface area contributed by atoms with Crippen molar-refractivity contribution in [3.8, 4) is 0 Å². The molecule has 176 valence electrons. The van der Waals surface area contributed by atoms with E-state index in [0.29, 0.717) is 42.5 Å². The van der Waals surface area contributed by atoms with E-state index < -0.39 is 15.7 Å². The highest BCUT2D eigenvalue weighted by Gasteiger charge is 2.43. The molecule has 1 aromatic heterocycles. The van der Waals surface area contributed by atoms with E-state index in [4.69, 9.17) is 9.26 Å². The maximum atomic E-state index is 14.2. The average Bonchev–Trinajstić information content (AvgIpc) is 3.36. The topological polar surface area (TPSA) is 85.5 Å². The first kappa shape index (κ1) is 23.2. The molecule has 0 N–H and O–H groups in total. The minimum Gasteiger partial charge on any atom is -0.376 e. The van der Waals surface area contributed by atoms with Crippen molar-refractivity contribution in [2.45, 2.75) is 57.5 Å². The van der Waals surface area contributed by atoms with Gasteiger partial charge >= 0.3 is 6.01 Å². The van der Waals surface area contributed by atoms with E-state index in [-0.39, 0.29) is 16.6 Å². The Morgan fingerprint density at radius 1 is 1.28 bits per heavy atom. The van der Waals surface area contributed by atoms with Crippen LogP contribution in [0.2, 0.25) is 0 Å². The van der Waals surface area contributed by atoms with Crippen LogP contribution in [0.5, 0.6) is 0 Å². The van der Waals surface area contributed by atoms with Crippen molar-refractivity contribution in [3.63, 3.8) is 0 Å². The fourth-order valence-electron chi connectivity index (χ4n) is 4.52. The summed E-state index contributed by atoms with van der Waals surface area (Å²) in [6, 6.07) is 4.88. The molecule has 0 bridgehead atoms. The Morgan fingerprint density at radius 3 is 2.66 bits per heavy atom. The molecule has 2 aliphatic rings. The fraction of sp³-hybridized carbons (Fsp3) is 0.652. The molecule has 2 aromatic rings. The molecule has 32 heavy (non-hydrogen) atoms. The molecule has 1 aliphatic carbocycles. The smallest absolute Gasteiger partial charge is 0.324 e. The summed E-state index contributed by atoms with van der Waals surface area (Å²) in [5.74, 6) is 2.11. The zero-order valence-corrected chi connectivity index (χ0v) is 19.8. The van der Waals surface area contributed by atoms with Crippen molar-refractivity contribution in [3.05, 3.63) is 35.4 Å². The fourth-order valence-corrected chi connectivity index (χ4v) is 5.46. The Hall–Kier alpha value is -2.00. The van der Waals surface area contributed by atoms with Gasteiger partial charge in [-0.1, -0.05) is 32.0 Å². The third kappa shape index (κ3) is 5.14. The molecule has 0 amide bonds. The molecule has 1 saturated carbocycles. The maximum Gasteiger partial charge on any atom is 0.324 e. The largest absolute Gasteiger partial charge is 0.376 e. The summed E-state index contributed by atoms with van der Waals surface area (Å²) in [4.78, 5) is 6.44. The molecular weight excluding hydrogens is 433 g/mol. The number of halogens is 1. The molecule has 1 aromatic carbocycles. The highest BCUT2D eigenvalue weighted by molar-refractivity contribution is 7.91. The van der Waals surface area contributed by atoms with Crippen molar-refractivity contribution in [2.75, 3.05) is 30.3 Å². The maximum absolute atomic E-state index is 14.2. The molecule has 0 radical (unpaired) electrons. The van der Waals surface area contributed by atoms with Crippen molar-refractivity contribution in [1.82, 2.24) is 10.1 Å². The van der Waals surface area contributed by atoms with Gasteiger partial charge in [0.05, 0.1) is 19.0 Å². The third-order valence-electron chi connectivity index (χ3n) is 6.65. The second kappa shape index (κ2) is 9.47. The van der Waals surface area contributed by atoms with Gasteiger partial charge in [-0.15, -0.1) is 0 Å². The van der Waals surface area contributed by atoms with Gasteiger partial charge in [0.25, 0.3) is 0 Å². The van der Waals surface area contributed by atoms with Crippen LogP contribution in [0.1, 0.15) is 57.3 Å². The van der Waals surface area contributed by atoms with Crippen molar-refractivity contribution in [1.29, 1.82) is 0 Å². The lowest BCUT2D eigenvalue weighted by molar-refractivity contribution is 0.104. The highest BCUT2D eigenvalue weighted by Crippen LogP contribution is 2.48. The number of piperidine rings is 1. The first-order valence-corrected chi connectivity index (χ1v) is 13.1. The first-order chi connectivity index (χ1) is 15.3. The normalized spacial score (nSPS) is 22.0. The van der Waals surface area contributed by atoms with Crippen LogP contribution in [-0.2, 0) is 21.2 Å². The number of sulfone groups is 1.